The van der Waals surface area contributed by atoms with E-state index in [0.29, 0.717) is 43.1 Å². The maximum atomic E-state index is 12.4. The minimum absolute atomic E-state index is 0.00923. The summed E-state index contributed by atoms with van der Waals surface area (Å²) in [6.07, 6.45) is 2.43. The number of piperazine rings is 1. The molecule has 12 nitrogen and oxygen atoms in total. The molecule has 40 heavy (non-hydrogen) atoms. The van der Waals surface area contributed by atoms with Crippen LogP contribution in [0.2, 0.25) is 5.02 Å². The Labute approximate surface area is 235 Å². The third kappa shape index (κ3) is 6.57. The van der Waals surface area contributed by atoms with Crippen LogP contribution in [0.15, 0.2) is 48.8 Å². The molecule has 1 fully saturated rings. The van der Waals surface area contributed by atoms with Crippen molar-refractivity contribution < 1.29 is 28.7 Å². The van der Waals surface area contributed by atoms with Gasteiger partial charge < -0.3 is 34.1 Å². The van der Waals surface area contributed by atoms with Crippen LogP contribution in [0.3, 0.4) is 0 Å². The number of methoxy groups -OCH3 is 1. The first-order valence-corrected chi connectivity index (χ1v) is 12.7. The minimum atomic E-state index is -0.699. The number of nitrogens with zero attached hydrogens (tertiary/aromatic N) is 5. The molecule has 1 aliphatic rings. The van der Waals surface area contributed by atoms with Crippen molar-refractivity contribution >= 4 is 35.3 Å². The van der Waals surface area contributed by atoms with Crippen LogP contribution in [-0.4, -0.2) is 70.7 Å². The molecule has 1 aromatic carbocycles. The molecule has 1 aliphatic heterocycles. The Kier molecular flexibility index (Phi) is 8.38. The van der Waals surface area contributed by atoms with Gasteiger partial charge in [-0.05, 0) is 54.9 Å². The van der Waals surface area contributed by atoms with E-state index in [9.17, 15) is 19.7 Å². The summed E-state index contributed by atoms with van der Waals surface area (Å²) in [6.45, 7) is 7.57. The predicted molar refractivity (Wildman–Crippen MR) is 147 cm³/mol. The fraction of sp³-hybridized carbons (Fsp3) is 0.333. The summed E-state index contributed by atoms with van der Waals surface area (Å²) in [5.41, 5.74) is 0.309. The monoisotopic (exact) mass is 569 g/mol. The van der Waals surface area contributed by atoms with Gasteiger partial charge in [-0.3, -0.25) is 0 Å². The molecular weight excluding hydrogens is 542 g/mol. The van der Waals surface area contributed by atoms with E-state index in [-0.39, 0.29) is 34.0 Å². The molecule has 0 atom stereocenters. The van der Waals surface area contributed by atoms with Crippen molar-refractivity contribution in [3.05, 3.63) is 69.5 Å². The molecule has 2 aromatic heterocycles. The number of nitro groups is 1. The first-order chi connectivity index (χ1) is 19.0. The lowest BCUT2D eigenvalue weighted by molar-refractivity contribution is -0.389. The van der Waals surface area contributed by atoms with E-state index >= 15 is 0 Å². The van der Waals surface area contributed by atoms with Gasteiger partial charge in [-0.1, -0.05) is 17.7 Å². The predicted octanol–water partition coefficient (Wildman–Crippen LogP) is 5.34. The minimum Gasteiger partial charge on any atom is -0.465 e. The Hall–Kier alpha value is -4.45. The summed E-state index contributed by atoms with van der Waals surface area (Å²) in [6, 6.07) is 9.46. The molecule has 1 amide bonds. The number of halogens is 1. The van der Waals surface area contributed by atoms with Crippen LogP contribution in [0.5, 0.6) is 11.5 Å². The largest absolute Gasteiger partial charge is 0.465 e. The molecule has 3 aromatic rings. The van der Waals surface area contributed by atoms with Crippen LogP contribution < -0.4 is 9.64 Å². The molecular formula is C27H28ClN5O7. The molecule has 210 valence electrons. The Morgan fingerprint density at radius 1 is 1.02 bits per heavy atom. The van der Waals surface area contributed by atoms with Gasteiger partial charge in [0.05, 0.1) is 12.1 Å². The highest BCUT2D eigenvalue weighted by Crippen LogP contribution is 2.38. The van der Waals surface area contributed by atoms with Crippen LogP contribution in [0.1, 0.15) is 31.1 Å². The molecule has 1 saturated heterocycles. The van der Waals surface area contributed by atoms with Crippen molar-refractivity contribution in [2.24, 2.45) is 0 Å². The quantitative estimate of drug-likeness (QED) is 0.217. The van der Waals surface area contributed by atoms with Crippen molar-refractivity contribution in [1.82, 2.24) is 14.9 Å². The van der Waals surface area contributed by atoms with E-state index in [4.69, 9.17) is 25.8 Å². The van der Waals surface area contributed by atoms with Gasteiger partial charge in [0.1, 0.15) is 22.7 Å². The Bertz CT molecular complexity index is 1420. The Morgan fingerprint density at radius 3 is 2.35 bits per heavy atom. The van der Waals surface area contributed by atoms with Crippen LogP contribution in [0, 0.1) is 10.1 Å². The average Bonchev–Trinajstić information content (AvgIpc) is 2.92. The Morgan fingerprint density at radius 2 is 1.75 bits per heavy atom. The highest BCUT2D eigenvalue weighted by molar-refractivity contribution is 6.34. The van der Waals surface area contributed by atoms with Crippen LogP contribution >= 0.6 is 11.6 Å². The number of pyridine rings is 2. The highest BCUT2D eigenvalue weighted by Gasteiger charge is 2.27. The van der Waals surface area contributed by atoms with Crippen molar-refractivity contribution in [1.29, 1.82) is 0 Å². The van der Waals surface area contributed by atoms with Crippen LogP contribution in [0.25, 0.3) is 11.1 Å². The third-order valence-electron chi connectivity index (χ3n) is 5.94. The molecule has 13 heteroatoms. The van der Waals surface area contributed by atoms with E-state index in [1.165, 1.54) is 31.5 Å². The number of anilines is 1. The zero-order valence-electron chi connectivity index (χ0n) is 22.4. The van der Waals surface area contributed by atoms with Gasteiger partial charge in [-0.25, -0.2) is 14.6 Å². The van der Waals surface area contributed by atoms with Gasteiger partial charge in [0, 0.05) is 49.6 Å². The second kappa shape index (κ2) is 11.7. The lowest BCUT2D eigenvalue weighted by Crippen LogP contribution is -2.50. The van der Waals surface area contributed by atoms with Crippen LogP contribution in [-0.2, 0) is 9.47 Å². The number of aromatic nitrogens is 2. The number of ether oxygens (including phenoxy) is 3. The molecule has 4 rings (SSSR count). The summed E-state index contributed by atoms with van der Waals surface area (Å²) in [5, 5.41) is 11.6. The van der Waals surface area contributed by atoms with E-state index in [1.54, 1.807) is 29.3 Å². The van der Waals surface area contributed by atoms with Gasteiger partial charge in [0.2, 0.25) is 0 Å². The van der Waals surface area contributed by atoms with Crippen LogP contribution in [0.4, 0.5) is 16.4 Å². The maximum Gasteiger partial charge on any atom is 0.410 e. The lowest BCUT2D eigenvalue weighted by Gasteiger charge is -2.36. The molecule has 0 unspecified atom stereocenters. The normalized spacial score (nSPS) is 13.5. The van der Waals surface area contributed by atoms with E-state index in [1.807, 2.05) is 25.7 Å². The number of carbonyl (C=O) groups excluding carboxylic acids is 2. The first-order valence-electron chi connectivity index (χ1n) is 12.3. The fourth-order valence-corrected chi connectivity index (χ4v) is 4.27. The summed E-state index contributed by atoms with van der Waals surface area (Å²) in [5.74, 6) is -0.151. The number of hydrogen-bond donors (Lipinski definition) is 0. The first kappa shape index (κ1) is 28.6. The zero-order chi connectivity index (χ0) is 29.0. The second-order valence-electron chi connectivity index (χ2n) is 9.86. The topological polar surface area (TPSA) is 137 Å². The molecule has 0 radical (unpaired) electrons. The molecule has 0 bridgehead atoms. The number of amides is 1. The van der Waals surface area contributed by atoms with E-state index < -0.39 is 16.5 Å². The molecule has 0 N–H and O–H groups in total. The maximum absolute atomic E-state index is 12.4. The molecule has 0 saturated carbocycles. The van der Waals surface area contributed by atoms with Gasteiger partial charge in [-0.15, -0.1) is 0 Å². The third-order valence-corrected chi connectivity index (χ3v) is 6.25. The standard InChI is InChI=1S/C27H28ClN5O7/c1-27(2,3)40-26(35)32-12-10-31(11-13-32)22-9-8-17(15-29-22)18-14-23(33(36)37)30-16-21(18)39-20-7-5-6-19(28)24(20)25(34)38-4/h5-9,14-16H,10-13H2,1-4H3. The zero-order valence-corrected chi connectivity index (χ0v) is 23.2. The smallest absolute Gasteiger partial charge is 0.410 e. The summed E-state index contributed by atoms with van der Waals surface area (Å²) in [4.78, 5) is 47.6. The van der Waals surface area contributed by atoms with Crippen molar-refractivity contribution in [3.63, 3.8) is 0 Å². The molecule has 0 aliphatic carbocycles. The number of esters is 1. The van der Waals surface area contributed by atoms with Crippen molar-refractivity contribution in [2.45, 2.75) is 26.4 Å². The summed E-state index contributed by atoms with van der Waals surface area (Å²) in [7, 11) is 1.22. The van der Waals surface area contributed by atoms with Gasteiger partial charge >= 0.3 is 17.9 Å². The highest BCUT2D eigenvalue weighted by atomic mass is 35.5. The number of rotatable bonds is 6. The average molecular weight is 570 g/mol. The van der Waals surface area contributed by atoms with Crippen molar-refractivity contribution in [2.75, 3.05) is 38.2 Å². The Balaban J connectivity index is 1.57. The second-order valence-corrected chi connectivity index (χ2v) is 10.3. The molecule has 3 heterocycles. The van der Waals surface area contributed by atoms with Gasteiger partial charge in [0.25, 0.3) is 0 Å². The van der Waals surface area contributed by atoms with E-state index in [0.717, 1.165) is 0 Å². The molecule has 0 spiro atoms. The number of carbonyl (C=O) groups is 2. The summed E-state index contributed by atoms with van der Waals surface area (Å²) < 4.78 is 16.3. The number of hydrogen-bond acceptors (Lipinski definition) is 10. The number of benzene rings is 1. The SMILES string of the molecule is COC(=O)c1c(Cl)cccc1Oc1cnc([N+](=O)[O-])cc1-c1ccc(N2CCN(C(=O)OC(C)(C)C)CC2)nc1. The van der Waals surface area contributed by atoms with Gasteiger partial charge in [-0.2, -0.15) is 0 Å². The lowest BCUT2D eigenvalue weighted by atomic mass is 10.1. The van der Waals surface area contributed by atoms with Crippen molar-refractivity contribution in [3.8, 4) is 22.6 Å². The fourth-order valence-electron chi connectivity index (χ4n) is 4.02. The van der Waals surface area contributed by atoms with E-state index in [2.05, 4.69) is 9.97 Å². The summed E-state index contributed by atoms with van der Waals surface area (Å²) >= 11 is 6.21. The van der Waals surface area contributed by atoms with Gasteiger partial charge in [0.15, 0.2) is 11.9 Å².